The zero-order valence-corrected chi connectivity index (χ0v) is 7.15. The molecule has 68 valence electrons. The molecule has 0 unspecified atom stereocenters. The number of hydrogen-bond acceptors (Lipinski definition) is 6. The smallest absolute Gasteiger partial charge is 0.311 e. The summed E-state index contributed by atoms with van der Waals surface area (Å²) in [6, 6.07) is 0. The molecule has 0 saturated carbocycles. The minimum absolute atomic E-state index is 0.204. The number of carbonyl (C=O) groups is 1. The Morgan fingerprint density at radius 2 is 2.38 bits per heavy atom. The first-order valence-corrected chi connectivity index (χ1v) is 4.17. The van der Waals surface area contributed by atoms with Gasteiger partial charge >= 0.3 is 5.97 Å². The topological polar surface area (TPSA) is 106 Å². The zero-order chi connectivity index (χ0) is 9.42. The van der Waals surface area contributed by atoms with Crippen molar-refractivity contribution in [3.8, 4) is 0 Å². The Labute approximate surface area is 75.8 Å². The monoisotopic (exact) mass is 199 g/mol. The van der Waals surface area contributed by atoms with Crippen molar-refractivity contribution in [2.45, 2.75) is 6.42 Å². The van der Waals surface area contributed by atoms with Gasteiger partial charge in [-0.1, -0.05) is 11.3 Å². The van der Waals surface area contributed by atoms with Gasteiger partial charge in [0, 0.05) is 0 Å². The van der Waals surface area contributed by atoms with Gasteiger partial charge in [-0.25, -0.2) is 0 Å². The third kappa shape index (κ3) is 1.31. The molecule has 0 fully saturated rings. The van der Waals surface area contributed by atoms with Crippen molar-refractivity contribution < 1.29 is 9.90 Å². The van der Waals surface area contributed by atoms with E-state index in [0.717, 1.165) is 11.3 Å². The Balaban J connectivity index is 2.50. The maximum atomic E-state index is 10.4. The van der Waals surface area contributed by atoms with Gasteiger partial charge in [0.05, 0.1) is 0 Å². The first kappa shape index (κ1) is 7.92. The van der Waals surface area contributed by atoms with Crippen molar-refractivity contribution in [3.63, 3.8) is 0 Å². The lowest BCUT2D eigenvalue weighted by molar-refractivity contribution is -0.136. The lowest BCUT2D eigenvalue weighted by Crippen LogP contribution is -2.05. The van der Waals surface area contributed by atoms with E-state index in [-0.39, 0.29) is 12.2 Å². The molecule has 8 heteroatoms. The predicted molar refractivity (Wildman–Crippen MR) is 44.4 cm³/mol. The van der Waals surface area contributed by atoms with Gasteiger partial charge in [-0.15, -0.1) is 15.3 Å². The summed E-state index contributed by atoms with van der Waals surface area (Å²) < 4.78 is 1.34. The number of aliphatic carboxylic acids is 1. The minimum Gasteiger partial charge on any atom is -0.481 e. The number of nitrogens with zero attached hydrogens (tertiary/aromatic N) is 4. The molecule has 0 aliphatic rings. The van der Waals surface area contributed by atoms with Crippen LogP contribution in [0.1, 0.15) is 5.82 Å². The number of carboxylic acids is 1. The van der Waals surface area contributed by atoms with E-state index in [0.29, 0.717) is 10.1 Å². The number of aromatic nitrogens is 4. The number of fused-ring (bicyclic) bond motifs is 1. The lowest BCUT2D eigenvalue weighted by atomic mass is 10.4. The Morgan fingerprint density at radius 1 is 1.62 bits per heavy atom. The molecule has 3 N–H and O–H groups in total. The Morgan fingerprint density at radius 3 is 3.08 bits per heavy atom. The molecule has 2 aromatic heterocycles. The lowest BCUT2D eigenvalue weighted by Gasteiger charge is -1.88. The highest BCUT2D eigenvalue weighted by atomic mass is 32.1. The molecule has 13 heavy (non-hydrogen) atoms. The number of nitrogens with two attached hydrogens (primary N) is 1. The molecule has 0 atom stereocenters. The normalized spacial score (nSPS) is 10.8. The molecule has 0 amide bonds. The van der Waals surface area contributed by atoms with Gasteiger partial charge in [-0.3, -0.25) is 4.79 Å². The van der Waals surface area contributed by atoms with Crippen LogP contribution < -0.4 is 5.73 Å². The van der Waals surface area contributed by atoms with E-state index in [2.05, 4.69) is 15.3 Å². The number of hydrogen-bond donors (Lipinski definition) is 2. The van der Waals surface area contributed by atoms with Crippen LogP contribution in [0, 0.1) is 0 Å². The zero-order valence-electron chi connectivity index (χ0n) is 6.34. The van der Waals surface area contributed by atoms with Crippen LogP contribution in [-0.2, 0) is 11.2 Å². The number of anilines is 1. The van der Waals surface area contributed by atoms with E-state index in [9.17, 15) is 4.79 Å². The minimum atomic E-state index is -0.971. The molecular weight excluding hydrogens is 194 g/mol. The van der Waals surface area contributed by atoms with E-state index >= 15 is 0 Å². The van der Waals surface area contributed by atoms with E-state index in [4.69, 9.17) is 10.8 Å². The molecule has 2 aromatic rings. The maximum absolute atomic E-state index is 10.4. The average Bonchev–Trinajstić information content (AvgIpc) is 2.51. The summed E-state index contributed by atoms with van der Waals surface area (Å²) in [4.78, 5) is 10.9. The van der Waals surface area contributed by atoms with Crippen LogP contribution in [0.4, 0.5) is 5.13 Å². The fourth-order valence-electron chi connectivity index (χ4n) is 0.918. The Bertz CT molecular complexity index is 460. The molecule has 0 aliphatic heterocycles. The summed E-state index contributed by atoms with van der Waals surface area (Å²) in [5, 5.41) is 20.1. The van der Waals surface area contributed by atoms with Gasteiger partial charge in [0.2, 0.25) is 10.1 Å². The first-order valence-electron chi connectivity index (χ1n) is 3.35. The predicted octanol–water partition coefficient (Wildman–Crippen LogP) is -0.605. The average molecular weight is 199 g/mol. The molecule has 0 saturated heterocycles. The van der Waals surface area contributed by atoms with Gasteiger partial charge in [0.25, 0.3) is 0 Å². The van der Waals surface area contributed by atoms with Gasteiger partial charge < -0.3 is 10.8 Å². The van der Waals surface area contributed by atoms with Gasteiger partial charge in [0.1, 0.15) is 6.42 Å². The van der Waals surface area contributed by atoms with Crippen LogP contribution >= 0.6 is 11.3 Å². The van der Waals surface area contributed by atoms with Crippen molar-refractivity contribution >= 4 is 27.4 Å². The van der Waals surface area contributed by atoms with Crippen LogP contribution in [0.5, 0.6) is 0 Å². The fourth-order valence-corrected chi connectivity index (χ4v) is 1.54. The van der Waals surface area contributed by atoms with E-state index in [1.54, 1.807) is 0 Å². The van der Waals surface area contributed by atoms with Crippen LogP contribution in [0.25, 0.3) is 4.96 Å². The van der Waals surface area contributed by atoms with Crippen molar-refractivity contribution in [2.24, 2.45) is 0 Å². The molecule has 2 rings (SSSR count). The molecule has 0 aliphatic carbocycles. The molecule has 2 heterocycles. The number of rotatable bonds is 2. The third-order valence-electron chi connectivity index (χ3n) is 1.38. The highest BCUT2D eigenvalue weighted by molar-refractivity contribution is 7.20. The van der Waals surface area contributed by atoms with Crippen LogP contribution in [0.2, 0.25) is 0 Å². The largest absolute Gasteiger partial charge is 0.481 e. The molecule has 0 aromatic carbocycles. The first-order chi connectivity index (χ1) is 6.16. The Kier molecular flexibility index (Phi) is 1.62. The van der Waals surface area contributed by atoms with Crippen molar-refractivity contribution in [2.75, 3.05) is 5.73 Å². The van der Waals surface area contributed by atoms with E-state index in [1.165, 1.54) is 4.52 Å². The SMILES string of the molecule is Nc1nn2c(CC(=O)O)nnc2s1. The Hall–Kier alpha value is -1.70. The summed E-state index contributed by atoms with van der Waals surface area (Å²) in [6.07, 6.45) is -0.204. The number of carboxylic acid groups (broad SMARTS) is 1. The van der Waals surface area contributed by atoms with Gasteiger partial charge in [-0.05, 0) is 0 Å². The third-order valence-corrected chi connectivity index (χ3v) is 2.11. The van der Waals surface area contributed by atoms with Crippen molar-refractivity contribution in [1.29, 1.82) is 0 Å². The maximum Gasteiger partial charge on any atom is 0.311 e. The fraction of sp³-hybridized carbons (Fsp3) is 0.200. The second kappa shape index (κ2) is 2.66. The molecule has 0 radical (unpaired) electrons. The molecule has 0 spiro atoms. The second-order valence-corrected chi connectivity index (χ2v) is 3.31. The van der Waals surface area contributed by atoms with E-state index in [1.807, 2.05) is 0 Å². The van der Waals surface area contributed by atoms with E-state index < -0.39 is 5.97 Å². The standard InChI is InChI=1S/C5H5N5O2S/c6-4-9-10-2(1-3(11)12)7-8-5(10)13-4/h1H2,(H2,6,9)(H,11,12). The molecule has 7 nitrogen and oxygen atoms in total. The highest BCUT2D eigenvalue weighted by Gasteiger charge is 2.12. The van der Waals surface area contributed by atoms with Gasteiger partial charge in [0.15, 0.2) is 5.82 Å². The summed E-state index contributed by atoms with van der Waals surface area (Å²) >= 11 is 1.16. The summed E-state index contributed by atoms with van der Waals surface area (Å²) in [5.41, 5.74) is 5.41. The summed E-state index contributed by atoms with van der Waals surface area (Å²) in [7, 11) is 0. The molecule has 0 bridgehead atoms. The highest BCUT2D eigenvalue weighted by Crippen LogP contribution is 2.14. The van der Waals surface area contributed by atoms with Crippen molar-refractivity contribution in [1.82, 2.24) is 19.8 Å². The van der Waals surface area contributed by atoms with Gasteiger partial charge in [-0.2, -0.15) is 4.52 Å². The quantitative estimate of drug-likeness (QED) is 0.668. The van der Waals surface area contributed by atoms with Crippen LogP contribution in [-0.4, -0.2) is 30.9 Å². The van der Waals surface area contributed by atoms with Crippen LogP contribution in [0.15, 0.2) is 0 Å². The van der Waals surface area contributed by atoms with Crippen LogP contribution in [0.3, 0.4) is 0 Å². The second-order valence-electron chi connectivity index (χ2n) is 2.32. The number of nitrogen functional groups attached to an aromatic ring is 1. The summed E-state index contributed by atoms with van der Waals surface area (Å²) in [6.45, 7) is 0. The van der Waals surface area contributed by atoms with Crippen molar-refractivity contribution in [3.05, 3.63) is 5.82 Å². The molecular formula is C5H5N5O2S. The summed E-state index contributed by atoms with van der Waals surface area (Å²) in [5.74, 6) is -0.684.